The lowest BCUT2D eigenvalue weighted by atomic mass is 9.85. The second-order valence-corrected chi connectivity index (χ2v) is 7.90. The van der Waals surface area contributed by atoms with Gasteiger partial charge in [0.15, 0.2) is 6.10 Å². The van der Waals surface area contributed by atoms with Gasteiger partial charge in [0.2, 0.25) is 11.8 Å². The van der Waals surface area contributed by atoms with Gasteiger partial charge in [-0.3, -0.25) is 24.6 Å². The zero-order valence-electron chi connectivity index (χ0n) is 16.7. The number of hydrogen-bond donors (Lipinski definition) is 2. The number of esters is 1. The van der Waals surface area contributed by atoms with E-state index in [1.807, 2.05) is 12.2 Å². The van der Waals surface area contributed by atoms with Gasteiger partial charge in [-0.1, -0.05) is 25.0 Å². The molecule has 1 heterocycles. The van der Waals surface area contributed by atoms with E-state index in [-0.39, 0.29) is 17.9 Å². The lowest BCUT2D eigenvalue weighted by Crippen LogP contribution is -2.49. The Morgan fingerprint density at radius 1 is 1.03 bits per heavy atom. The van der Waals surface area contributed by atoms with Crippen molar-refractivity contribution in [1.82, 2.24) is 15.5 Å². The van der Waals surface area contributed by atoms with E-state index in [2.05, 4.69) is 10.6 Å². The van der Waals surface area contributed by atoms with Crippen LogP contribution in [0.5, 0.6) is 0 Å². The summed E-state index contributed by atoms with van der Waals surface area (Å²) in [6.07, 6.45) is 7.26. The summed E-state index contributed by atoms with van der Waals surface area (Å²) in [7, 11) is 0. The van der Waals surface area contributed by atoms with Crippen molar-refractivity contribution in [3.63, 3.8) is 0 Å². The van der Waals surface area contributed by atoms with Crippen LogP contribution in [0.15, 0.2) is 12.2 Å². The van der Waals surface area contributed by atoms with Crippen molar-refractivity contribution in [2.24, 2.45) is 11.8 Å². The maximum Gasteiger partial charge on any atom is 0.329 e. The molecule has 9 nitrogen and oxygen atoms in total. The van der Waals surface area contributed by atoms with Crippen LogP contribution in [-0.2, 0) is 23.9 Å². The summed E-state index contributed by atoms with van der Waals surface area (Å²) in [6, 6.07) is -1.71. The number of carbonyl (C=O) groups excluding carboxylic acids is 5. The van der Waals surface area contributed by atoms with Gasteiger partial charge in [0, 0.05) is 6.04 Å². The highest BCUT2D eigenvalue weighted by molar-refractivity contribution is 6.08. The minimum atomic E-state index is -1.24. The summed E-state index contributed by atoms with van der Waals surface area (Å²) < 4.78 is 5.11. The first-order chi connectivity index (χ1) is 13.8. The van der Waals surface area contributed by atoms with E-state index in [0.717, 1.165) is 30.6 Å². The van der Waals surface area contributed by atoms with Gasteiger partial charge >= 0.3 is 12.0 Å². The fraction of sp³-hybridized carbons (Fsp3) is 0.650. The summed E-state index contributed by atoms with van der Waals surface area (Å²) in [5, 5.41) is 4.87. The first-order valence-corrected chi connectivity index (χ1v) is 10.1. The molecule has 1 aliphatic heterocycles. The molecule has 2 fully saturated rings. The number of hydrogen-bond acceptors (Lipinski definition) is 6. The maximum atomic E-state index is 12.6. The lowest BCUT2D eigenvalue weighted by Gasteiger charge is -2.23. The quantitative estimate of drug-likeness (QED) is 0.400. The first-order valence-electron chi connectivity index (χ1n) is 10.1. The number of fused-ring (bicyclic) bond motifs is 1. The first kappa shape index (κ1) is 21.0. The van der Waals surface area contributed by atoms with E-state index in [1.165, 1.54) is 13.8 Å². The molecule has 0 aromatic carbocycles. The van der Waals surface area contributed by atoms with Crippen LogP contribution in [0.4, 0.5) is 4.79 Å². The average Bonchev–Trinajstić information content (AvgIpc) is 3.28. The third-order valence-electron chi connectivity index (χ3n) is 5.86. The number of nitrogens with zero attached hydrogens (tertiary/aromatic N) is 1. The molecule has 29 heavy (non-hydrogen) atoms. The number of nitrogens with one attached hydrogen (secondary N) is 2. The van der Waals surface area contributed by atoms with Crippen LogP contribution in [-0.4, -0.2) is 52.8 Å². The number of likely N-dealkylation sites (tertiary alicyclic amines) is 1. The van der Waals surface area contributed by atoms with Gasteiger partial charge in [0.25, 0.3) is 5.91 Å². The Morgan fingerprint density at radius 2 is 1.59 bits per heavy atom. The van der Waals surface area contributed by atoms with Gasteiger partial charge < -0.3 is 10.1 Å². The lowest BCUT2D eigenvalue weighted by molar-refractivity contribution is -0.163. The molecule has 2 aliphatic carbocycles. The van der Waals surface area contributed by atoms with Gasteiger partial charge in [-0.05, 0) is 39.5 Å². The predicted octanol–water partition coefficient (Wildman–Crippen LogP) is 1.03. The predicted molar refractivity (Wildman–Crippen MR) is 101 cm³/mol. The van der Waals surface area contributed by atoms with Crippen molar-refractivity contribution < 1.29 is 28.7 Å². The van der Waals surface area contributed by atoms with Crippen molar-refractivity contribution in [1.29, 1.82) is 0 Å². The Bertz CT molecular complexity index is 716. The third kappa shape index (κ3) is 4.49. The number of rotatable bonds is 5. The molecule has 5 amide bonds. The zero-order chi connectivity index (χ0) is 21.1. The molecule has 0 spiro atoms. The summed E-state index contributed by atoms with van der Waals surface area (Å²) in [4.78, 5) is 62.5. The molecule has 9 heteroatoms. The topological polar surface area (TPSA) is 122 Å². The third-order valence-corrected chi connectivity index (χ3v) is 5.86. The van der Waals surface area contributed by atoms with Gasteiger partial charge in [-0.25, -0.2) is 9.59 Å². The van der Waals surface area contributed by atoms with Gasteiger partial charge in [0.05, 0.1) is 11.8 Å². The number of allylic oxidation sites excluding steroid dienone is 2. The summed E-state index contributed by atoms with van der Waals surface area (Å²) in [5.74, 6) is -3.29. The van der Waals surface area contributed by atoms with E-state index < -0.39 is 41.9 Å². The van der Waals surface area contributed by atoms with Gasteiger partial charge in [-0.2, -0.15) is 0 Å². The molecule has 1 saturated heterocycles. The Kier molecular flexibility index (Phi) is 6.34. The largest absolute Gasteiger partial charge is 0.451 e. The SMILES string of the molecule is C[C@@H](OC(=O)[C@H](C)N1C(=O)[C@H]2CC=CC[C@H]2C1=O)C(=O)NC(=O)NC1CCCC1. The summed E-state index contributed by atoms with van der Waals surface area (Å²) in [6.45, 7) is 2.74. The number of amides is 5. The number of carbonyl (C=O) groups is 5. The fourth-order valence-electron chi connectivity index (χ4n) is 4.14. The molecule has 2 N–H and O–H groups in total. The fourth-order valence-corrected chi connectivity index (χ4v) is 4.14. The molecule has 0 bridgehead atoms. The highest BCUT2D eigenvalue weighted by atomic mass is 16.5. The average molecular weight is 405 g/mol. The smallest absolute Gasteiger partial charge is 0.329 e. The minimum absolute atomic E-state index is 0.0471. The van der Waals surface area contributed by atoms with E-state index in [0.29, 0.717) is 12.8 Å². The molecule has 3 rings (SSSR count). The molecule has 4 atom stereocenters. The van der Waals surface area contributed by atoms with E-state index in [9.17, 15) is 24.0 Å². The number of imide groups is 2. The van der Waals surface area contributed by atoms with Crippen molar-refractivity contribution in [3.05, 3.63) is 12.2 Å². The molecule has 0 aromatic rings. The summed E-state index contributed by atoms with van der Waals surface area (Å²) >= 11 is 0. The van der Waals surface area contributed by atoms with E-state index >= 15 is 0 Å². The van der Waals surface area contributed by atoms with E-state index in [4.69, 9.17) is 4.74 Å². The molecule has 3 aliphatic rings. The molecular weight excluding hydrogens is 378 g/mol. The number of urea groups is 1. The van der Waals surface area contributed by atoms with Crippen molar-refractivity contribution in [2.45, 2.75) is 70.6 Å². The van der Waals surface area contributed by atoms with Gasteiger partial charge in [0.1, 0.15) is 6.04 Å². The molecule has 0 unspecified atom stereocenters. The minimum Gasteiger partial charge on any atom is -0.451 e. The Labute approximate surface area is 169 Å². The van der Waals surface area contributed by atoms with Crippen molar-refractivity contribution in [2.75, 3.05) is 0 Å². The highest BCUT2D eigenvalue weighted by Gasteiger charge is 2.50. The molecule has 0 radical (unpaired) electrons. The van der Waals surface area contributed by atoms with E-state index in [1.54, 1.807) is 0 Å². The Balaban J connectivity index is 1.52. The normalized spacial score (nSPS) is 26.1. The maximum absolute atomic E-state index is 12.6. The summed E-state index contributed by atoms with van der Waals surface area (Å²) in [5.41, 5.74) is 0. The standard InChI is InChI=1S/C20H27N3O6/c1-11(23-17(25)14-9-5-6-10-15(14)18(23)26)19(27)29-12(2)16(24)22-20(28)21-13-7-3-4-8-13/h5-6,11-15H,3-4,7-10H2,1-2H3,(H2,21,22,24,28)/t11-,12+,14-,15+/m0/s1. The monoisotopic (exact) mass is 405 g/mol. The van der Waals surface area contributed by atoms with Crippen LogP contribution < -0.4 is 10.6 Å². The van der Waals surface area contributed by atoms with Crippen LogP contribution in [0.1, 0.15) is 52.4 Å². The van der Waals surface area contributed by atoms with Crippen molar-refractivity contribution >= 4 is 29.7 Å². The second-order valence-electron chi connectivity index (χ2n) is 7.90. The van der Waals surface area contributed by atoms with Gasteiger partial charge in [-0.15, -0.1) is 0 Å². The van der Waals surface area contributed by atoms with Crippen LogP contribution in [0.25, 0.3) is 0 Å². The Morgan fingerprint density at radius 3 is 2.14 bits per heavy atom. The molecule has 0 aromatic heterocycles. The second kappa shape index (κ2) is 8.75. The van der Waals surface area contributed by atoms with Crippen molar-refractivity contribution in [3.8, 4) is 0 Å². The van der Waals surface area contributed by atoms with Crippen LogP contribution >= 0.6 is 0 Å². The van der Waals surface area contributed by atoms with Crippen LogP contribution in [0.3, 0.4) is 0 Å². The Hall–Kier alpha value is -2.71. The van der Waals surface area contributed by atoms with Crippen LogP contribution in [0, 0.1) is 11.8 Å². The van der Waals surface area contributed by atoms with Crippen LogP contribution in [0.2, 0.25) is 0 Å². The molecular formula is C20H27N3O6. The molecule has 1 saturated carbocycles. The molecule has 158 valence electrons. The number of ether oxygens (including phenoxy) is 1. The highest BCUT2D eigenvalue weighted by Crippen LogP contribution is 2.36. The zero-order valence-corrected chi connectivity index (χ0v) is 16.7.